The molecule has 3 rings (SSSR count). The van der Waals surface area contributed by atoms with Crippen molar-refractivity contribution in [3.63, 3.8) is 0 Å². The molecular weight excluding hydrogens is 297 g/mol. The maximum Gasteiger partial charge on any atom is 0.416 e. The minimum Gasteiger partial charge on any atom is -0.362 e. The fourth-order valence-corrected chi connectivity index (χ4v) is 3.05. The molecule has 2 aliphatic rings. The van der Waals surface area contributed by atoms with Crippen LogP contribution in [0.4, 0.5) is 13.2 Å². The third-order valence-electron chi connectivity index (χ3n) is 4.22. The Morgan fingerprint density at radius 2 is 2.09 bits per heavy atom. The molecule has 1 spiro atoms. The van der Waals surface area contributed by atoms with Gasteiger partial charge in [0.15, 0.2) is 0 Å². The number of amides is 1. The van der Waals surface area contributed by atoms with E-state index >= 15 is 0 Å². The molecule has 22 heavy (non-hydrogen) atoms. The molecule has 2 heterocycles. The van der Waals surface area contributed by atoms with Crippen LogP contribution < -0.4 is 5.32 Å². The van der Waals surface area contributed by atoms with Crippen molar-refractivity contribution in [1.82, 2.24) is 10.2 Å². The Labute approximate surface area is 126 Å². The zero-order valence-corrected chi connectivity index (χ0v) is 11.9. The molecule has 0 aliphatic carbocycles. The fraction of sp³-hybridized carbons (Fsp3) is 0.533. The molecule has 2 saturated heterocycles. The Bertz CT molecular complexity index is 568. The van der Waals surface area contributed by atoms with Crippen molar-refractivity contribution < 1.29 is 22.7 Å². The summed E-state index contributed by atoms with van der Waals surface area (Å²) in [7, 11) is 0. The van der Waals surface area contributed by atoms with Crippen LogP contribution in [0.1, 0.15) is 17.5 Å². The molecule has 0 radical (unpaired) electrons. The molecule has 1 atom stereocenters. The van der Waals surface area contributed by atoms with Gasteiger partial charge in [-0.15, -0.1) is 0 Å². The number of alkyl halides is 3. The molecule has 4 nitrogen and oxygen atoms in total. The van der Waals surface area contributed by atoms with Gasteiger partial charge in [-0.1, -0.05) is 18.2 Å². The van der Waals surface area contributed by atoms with Crippen molar-refractivity contribution >= 4 is 5.91 Å². The summed E-state index contributed by atoms with van der Waals surface area (Å²) in [5.74, 6) is -0.269. The molecule has 0 aromatic heterocycles. The van der Waals surface area contributed by atoms with Crippen LogP contribution in [0, 0.1) is 0 Å². The Balaban J connectivity index is 1.81. The molecular formula is C15H17F3N2O2. The van der Waals surface area contributed by atoms with Crippen molar-refractivity contribution in [2.45, 2.75) is 24.7 Å². The van der Waals surface area contributed by atoms with Gasteiger partial charge in [0.25, 0.3) is 0 Å². The Morgan fingerprint density at radius 3 is 2.77 bits per heavy atom. The molecule has 1 N–H and O–H groups in total. The van der Waals surface area contributed by atoms with Gasteiger partial charge in [0, 0.05) is 13.1 Å². The van der Waals surface area contributed by atoms with E-state index in [1.165, 1.54) is 17.0 Å². The maximum atomic E-state index is 13.1. The van der Waals surface area contributed by atoms with Gasteiger partial charge >= 0.3 is 6.18 Å². The number of nitrogens with zero attached hydrogens (tertiary/aromatic N) is 1. The first-order valence-corrected chi connectivity index (χ1v) is 7.17. The molecule has 120 valence electrons. The van der Waals surface area contributed by atoms with E-state index in [0.717, 1.165) is 19.0 Å². The molecule has 7 heteroatoms. The normalized spacial score (nSPS) is 26.0. The highest BCUT2D eigenvalue weighted by Gasteiger charge is 2.42. The van der Waals surface area contributed by atoms with E-state index < -0.39 is 17.3 Å². The average molecular weight is 314 g/mol. The highest BCUT2D eigenvalue weighted by molar-refractivity contribution is 5.78. The number of hydrogen-bond donors (Lipinski definition) is 1. The van der Waals surface area contributed by atoms with Crippen LogP contribution >= 0.6 is 0 Å². The predicted molar refractivity (Wildman–Crippen MR) is 73.0 cm³/mol. The second-order valence-corrected chi connectivity index (χ2v) is 5.80. The van der Waals surface area contributed by atoms with E-state index in [1.807, 2.05) is 0 Å². The summed E-state index contributed by atoms with van der Waals surface area (Å²) in [5.41, 5.74) is -1.03. The van der Waals surface area contributed by atoms with Crippen LogP contribution in [-0.2, 0) is 22.3 Å². The number of ether oxygens (including phenoxy) is 1. The minimum atomic E-state index is -4.42. The summed E-state index contributed by atoms with van der Waals surface area (Å²) in [6.45, 7) is 1.62. The molecule has 2 fully saturated rings. The van der Waals surface area contributed by atoms with Gasteiger partial charge < -0.3 is 15.0 Å². The lowest BCUT2D eigenvalue weighted by Crippen LogP contribution is -2.55. The number of nitrogens with one attached hydrogen (secondary N) is 1. The Kier molecular flexibility index (Phi) is 3.86. The highest BCUT2D eigenvalue weighted by atomic mass is 19.4. The predicted octanol–water partition coefficient (Wildman–Crippen LogP) is 1.80. The zero-order valence-electron chi connectivity index (χ0n) is 11.9. The van der Waals surface area contributed by atoms with Crippen LogP contribution in [0.3, 0.4) is 0 Å². The van der Waals surface area contributed by atoms with Crippen LogP contribution in [-0.4, -0.2) is 42.6 Å². The smallest absolute Gasteiger partial charge is 0.362 e. The van der Waals surface area contributed by atoms with Crippen molar-refractivity contribution in [2.75, 3.05) is 26.2 Å². The Morgan fingerprint density at radius 1 is 1.32 bits per heavy atom. The van der Waals surface area contributed by atoms with Crippen molar-refractivity contribution in [2.24, 2.45) is 0 Å². The van der Waals surface area contributed by atoms with Gasteiger partial charge in [0.1, 0.15) is 6.61 Å². The van der Waals surface area contributed by atoms with E-state index in [-0.39, 0.29) is 24.6 Å². The van der Waals surface area contributed by atoms with Gasteiger partial charge in [-0.3, -0.25) is 4.79 Å². The summed E-state index contributed by atoms with van der Waals surface area (Å²) < 4.78 is 44.8. The molecule has 1 aromatic carbocycles. The monoisotopic (exact) mass is 314 g/mol. The highest BCUT2D eigenvalue weighted by Crippen LogP contribution is 2.33. The number of carbonyl (C=O) groups excluding carboxylic acids is 1. The summed E-state index contributed by atoms with van der Waals surface area (Å²) in [5, 5.41) is 3.17. The second kappa shape index (κ2) is 5.55. The lowest BCUT2D eigenvalue weighted by molar-refractivity contribution is -0.162. The maximum absolute atomic E-state index is 13.1. The molecule has 1 amide bonds. The van der Waals surface area contributed by atoms with Crippen molar-refractivity contribution in [3.05, 3.63) is 35.4 Å². The van der Waals surface area contributed by atoms with Crippen LogP contribution in [0.15, 0.2) is 24.3 Å². The van der Waals surface area contributed by atoms with E-state index in [2.05, 4.69) is 5.32 Å². The first kappa shape index (κ1) is 15.3. The van der Waals surface area contributed by atoms with Crippen LogP contribution in [0.5, 0.6) is 0 Å². The topological polar surface area (TPSA) is 41.6 Å². The first-order valence-electron chi connectivity index (χ1n) is 7.17. The van der Waals surface area contributed by atoms with E-state index in [9.17, 15) is 18.0 Å². The standard InChI is InChI=1S/C15H17F3N2O2/c16-15(17,18)12-4-2-1-3-11(12)7-20-10-14(5-6-19-9-14)22-8-13(20)21/h1-4,19H,5-10H2. The van der Waals surface area contributed by atoms with Crippen LogP contribution in [0.25, 0.3) is 0 Å². The number of halogens is 3. The quantitative estimate of drug-likeness (QED) is 0.905. The summed E-state index contributed by atoms with van der Waals surface area (Å²) in [6.07, 6.45) is -3.66. The number of carbonyl (C=O) groups is 1. The average Bonchev–Trinajstić information content (AvgIpc) is 2.91. The number of benzene rings is 1. The zero-order chi connectivity index (χ0) is 15.8. The van der Waals surface area contributed by atoms with Gasteiger partial charge in [-0.25, -0.2) is 0 Å². The van der Waals surface area contributed by atoms with Gasteiger partial charge in [-0.05, 0) is 24.6 Å². The number of rotatable bonds is 2. The summed E-state index contributed by atoms with van der Waals surface area (Å²) >= 11 is 0. The molecule has 0 bridgehead atoms. The van der Waals surface area contributed by atoms with Gasteiger partial charge in [0.2, 0.25) is 5.91 Å². The van der Waals surface area contributed by atoms with E-state index in [0.29, 0.717) is 13.1 Å². The van der Waals surface area contributed by atoms with Crippen molar-refractivity contribution in [1.29, 1.82) is 0 Å². The number of morpholine rings is 1. The molecule has 1 unspecified atom stereocenters. The van der Waals surface area contributed by atoms with Gasteiger partial charge in [0.05, 0.1) is 17.7 Å². The SMILES string of the molecule is O=C1COC2(CCNC2)CN1Cc1ccccc1C(F)(F)F. The summed E-state index contributed by atoms with van der Waals surface area (Å²) in [4.78, 5) is 13.5. The van der Waals surface area contributed by atoms with E-state index in [4.69, 9.17) is 4.74 Å². The summed E-state index contributed by atoms with van der Waals surface area (Å²) in [6, 6.07) is 5.39. The van der Waals surface area contributed by atoms with E-state index in [1.54, 1.807) is 6.07 Å². The lowest BCUT2D eigenvalue weighted by Gasteiger charge is -2.40. The minimum absolute atomic E-state index is 0.0420. The van der Waals surface area contributed by atoms with Gasteiger partial charge in [-0.2, -0.15) is 13.2 Å². The number of hydrogen-bond acceptors (Lipinski definition) is 3. The second-order valence-electron chi connectivity index (χ2n) is 5.80. The third-order valence-corrected chi connectivity index (χ3v) is 4.22. The fourth-order valence-electron chi connectivity index (χ4n) is 3.05. The first-order chi connectivity index (χ1) is 10.4. The molecule has 0 saturated carbocycles. The Hall–Kier alpha value is -1.60. The molecule has 1 aromatic rings. The van der Waals surface area contributed by atoms with Crippen LogP contribution in [0.2, 0.25) is 0 Å². The third kappa shape index (κ3) is 2.96. The lowest BCUT2D eigenvalue weighted by atomic mass is 9.99. The largest absolute Gasteiger partial charge is 0.416 e. The molecule has 2 aliphatic heterocycles. The van der Waals surface area contributed by atoms with Crippen molar-refractivity contribution in [3.8, 4) is 0 Å².